The van der Waals surface area contributed by atoms with Crippen LogP contribution in [0.15, 0.2) is 41.2 Å². The van der Waals surface area contributed by atoms with Gasteiger partial charge in [0, 0.05) is 36.7 Å². The van der Waals surface area contributed by atoms with Crippen LogP contribution in [0.4, 0.5) is 32.2 Å². The predicted octanol–water partition coefficient (Wildman–Crippen LogP) is 6.03. The van der Waals surface area contributed by atoms with Gasteiger partial charge in [-0.1, -0.05) is 11.6 Å². The van der Waals surface area contributed by atoms with Crippen LogP contribution in [-0.4, -0.2) is 54.7 Å². The summed E-state index contributed by atoms with van der Waals surface area (Å²) >= 11 is 6.58. The van der Waals surface area contributed by atoms with Gasteiger partial charge in [-0.25, -0.2) is 35.9 Å². The van der Waals surface area contributed by atoms with Crippen LogP contribution < -0.4 is 15.6 Å². The monoisotopic (exact) mass is 833 g/mol. The molecule has 4 heterocycles. The summed E-state index contributed by atoms with van der Waals surface area (Å²) in [5, 5.41) is 10.8. The number of hydrogen-bond donors (Lipinski definition) is 2. The summed E-state index contributed by atoms with van der Waals surface area (Å²) in [6, 6.07) is 5.49. The van der Waals surface area contributed by atoms with E-state index in [4.69, 9.17) is 16.6 Å². The van der Waals surface area contributed by atoms with Crippen molar-refractivity contribution in [2.45, 2.75) is 57.5 Å². The van der Waals surface area contributed by atoms with Gasteiger partial charge in [0.15, 0.2) is 11.5 Å². The Labute approximate surface area is 323 Å². The number of anilines is 1. The molecule has 57 heavy (non-hydrogen) atoms. The van der Waals surface area contributed by atoms with Crippen LogP contribution in [0, 0.1) is 31.4 Å². The number of hydrogen-bond acceptors (Lipinski definition) is 8. The largest absolute Gasteiger partial charge is 0.344 e. The minimum absolute atomic E-state index is 0.00245. The first-order valence-electron chi connectivity index (χ1n) is 17.3. The van der Waals surface area contributed by atoms with Crippen molar-refractivity contribution >= 4 is 55.3 Å². The molecule has 1 amide bonds. The molecule has 298 valence electrons. The normalized spacial score (nSPS) is 17.6. The molecule has 0 bridgehead atoms. The first-order valence-corrected chi connectivity index (χ1v) is 19.6. The number of aromatic nitrogens is 7. The second-order valence-electron chi connectivity index (χ2n) is 14.3. The fourth-order valence-electron chi connectivity index (χ4n) is 7.91. The lowest BCUT2D eigenvalue weighted by Crippen LogP contribution is -2.38. The molecule has 13 nitrogen and oxygen atoms in total. The molecule has 0 aliphatic heterocycles. The molecule has 1 fully saturated rings. The number of nitrogens with one attached hydrogen (secondary N) is 2. The van der Waals surface area contributed by atoms with E-state index in [1.165, 1.54) is 23.9 Å². The number of pyridine rings is 1. The van der Waals surface area contributed by atoms with E-state index < -0.39 is 87.7 Å². The van der Waals surface area contributed by atoms with E-state index in [1.54, 1.807) is 19.9 Å². The third kappa shape index (κ3) is 6.57. The molecule has 0 spiro atoms. The predicted molar refractivity (Wildman–Crippen MR) is 195 cm³/mol. The molecule has 2 N–H and O–H groups in total. The summed E-state index contributed by atoms with van der Waals surface area (Å²) in [5.74, 6) is -8.99. The lowest BCUT2D eigenvalue weighted by molar-refractivity contribution is -0.123. The molecule has 2 aliphatic rings. The van der Waals surface area contributed by atoms with Crippen LogP contribution in [0.1, 0.15) is 64.4 Å². The molecule has 2 aromatic carbocycles. The standard InChI is InChI=1S/C36H30ClF6N9O4S/c1-14-7-15(2)44-32-25(14)35(54)52(23-6-5-21(37)27-29(23)50(3)48-33(27)49-57(4,55)56)34(46-32)22(10-16-8-17(38)11-18(39)9-16)45-24(53)13-51-30-26(28(47-51)31(40)41)19-12-20(19)36(30,42)43/h5-9,11,19-20,22,31H,10,12-13H2,1-4H3,(H,45,53)(H,48,49)/t19-,20+,22?/m0/s1. The second-order valence-corrected chi connectivity index (χ2v) is 16.5. The summed E-state index contributed by atoms with van der Waals surface area (Å²) in [6.45, 7) is 2.32. The highest BCUT2D eigenvalue weighted by molar-refractivity contribution is 7.92. The highest BCUT2D eigenvalue weighted by Crippen LogP contribution is 2.68. The van der Waals surface area contributed by atoms with Gasteiger partial charge in [0.1, 0.15) is 35.4 Å². The van der Waals surface area contributed by atoms with Crippen molar-refractivity contribution in [1.82, 2.24) is 39.4 Å². The first-order chi connectivity index (χ1) is 26.7. The molecule has 4 aromatic heterocycles. The van der Waals surface area contributed by atoms with Crippen molar-refractivity contribution < 1.29 is 39.6 Å². The Morgan fingerprint density at radius 2 is 1.75 bits per heavy atom. The molecule has 21 heteroatoms. The number of rotatable bonds is 10. The van der Waals surface area contributed by atoms with Crippen molar-refractivity contribution in [2.75, 3.05) is 11.0 Å². The summed E-state index contributed by atoms with van der Waals surface area (Å²) in [7, 11) is -2.44. The van der Waals surface area contributed by atoms with Gasteiger partial charge in [-0.15, -0.1) is 0 Å². The number of nitrogens with zero attached hydrogens (tertiary/aromatic N) is 7. The fourth-order valence-corrected chi connectivity index (χ4v) is 8.65. The van der Waals surface area contributed by atoms with Crippen LogP contribution in [0.25, 0.3) is 27.6 Å². The zero-order chi connectivity index (χ0) is 41.0. The number of carbonyl (C=O) groups excluding carboxylic acids is 1. The van der Waals surface area contributed by atoms with Crippen LogP contribution in [0.3, 0.4) is 0 Å². The van der Waals surface area contributed by atoms with Gasteiger partial charge < -0.3 is 5.32 Å². The van der Waals surface area contributed by atoms with Gasteiger partial charge in [0.25, 0.3) is 17.9 Å². The zero-order valence-electron chi connectivity index (χ0n) is 30.2. The van der Waals surface area contributed by atoms with Gasteiger partial charge in [0.2, 0.25) is 15.9 Å². The molecular formula is C36H30ClF6N9O4S. The topological polar surface area (TPSA) is 159 Å². The Kier molecular flexibility index (Phi) is 8.95. The van der Waals surface area contributed by atoms with Crippen molar-refractivity contribution in [3.05, 3.63) is 103 Å². The molecule has 6 aromatic rings. The highest BCUT2D eigenvalue weighted by Gasteiger charge is 2.67. The minimum Gasteiger partial charge on any atom is -0.344 e. The Morgan fingerprint density at radius 1 is 1.05 bits per heavy atom. The summed E-state index contributed by atoms with van der Waals surface area (Å²) in [5.41, 5.74) is -1.70. The number of amides is 1. The molecular weight excluding hydrogens is 804 g/mol. The average Bonchev–Trinajstić information content (AvgIpc) is 3.63. The van der Waals surface area contributed by atoms with E-state index in [-0.39, 0.29) is 61.8 Å². The zero-order valence-corrected chi connectivity index (χ0v) is 31.8. The Morgan fingerprint density at radius 3 is 2.42 bits per heavy atom. The minimum atomic E-state index is -3.89. The van der Waals surface area contributed by atoms with Crippen molar-refractivity contribution in [3.8, 4) is 5.69 Å². The smallest absolute Gasteiger partial charge is 0.293 e. The Bertz CT molecular complexity index is 2860. The Balaban J connectivity index is 1.34. The molecule has 8 rings (SSSR count). The van der Waals surface area contributed by atoms with Crippen molar-refractivity contribution in [2.24, 2.45) is 13.0 Å². The number of aryl methyl sites for hydroxylation is 3. The Hall–Kier alpha value is -5.50. The van der Waals surface area contributed by atoms with Gasteiger partial charge >= 0.3 is 0 Å². The van der Waals surface area contributed by atoms with E-state index in [0.717, 1.165) is 23.0 Å². The average molecular weight is 834 g/mol. The van der Waals surface area contributed by atoms with E-state index in [0.29, 0.717) is 22.0 Å². The first kappa shape index (κ1) is 38.4. The van der Waals surface area contributed by atoms with Crippen LogP contribution in [0.2, 0.25) is 5.02 Å². The van der Waals surface area contributed by atoms with E-state index in [1.807, 2.05) is 0 Å². The second kappa shape index (κ2) is 13.3. The van der Waals surface area contributed by atoms with Gasteiger partial charge in [-0.3, -0.25) is 28.2 Å². The van der Waals surface area contributed by atoms with Crippen LogP contribution >= 0.6 is 11.6 Å². The van der Waals surface area contributed by atoms with Crippen LogP contribution in [0.5, 0.6) is 0 Å². The molecule has 0 saturated heterocycles. The van der Waals surface area contributed by atoms with Gasteiger partial charge in [-0.2, -0.15) is 19.0 Å². The maximum absolute atomic E-state index is 15.4. The molecule has 0 radical (unpaired) electrons. The summed E-state index contributed by atoms with van der Waals surface area (Å²) < 4.78 is 118. The summed E-state index contributed by atoms with van der Waals surface area (Å²) in [6.07, 6.45) is -2.74. The van der Waals surface area contributed by atoms with Crippen molar-refractivity contribution in [3.63, 3.8) is 0 Å². The molecule has 3 atom stereocenters. The molecule has 1 unspecified atom stereocenters. The van der Waals surface area contributed by atoms with Crippen LogP contribution in [-0.2, 0) is 40.8 Å². The number of fused-ring (bicyclic) bond motifs is 5. The van der Waals surface area contributed by atoms with E-state index in [2.05, 4.69) is 25.2 Å². The van der Waals surface area contributed by atoms with E-state index >= 15 is 8.78 Å². The van der Waals surface area contributed by atoms with Gasteiger partial charge in [0.05, 0.1) is 39.3 Å². The molecule has 2 aliphatic carbocycles. The van der Waals surface area contributed by atoms with E-state index in [9.17, 15) is 35.6 Å². The quantitative estimate of drug-likeness (QED) is 0.159. The third-order valence-electron chi connectivity index (χ3n) is 10.1. The summed E-state index contributed by atoms with van der Waals surface area (Å²) in [4.78, 5) is 37.9. The number of sulfonamides is 1. The maximum Gasteiger partial charge on any atom is 0.293 e. The van der Waals surface area contributed by atoms with Crippen molar-refractivity contribution in [1.29, 1.82) is 0 Å². The number of halogens is 7. The highest BCUT2D eigenvalue weighted by atomic mass is 35.5. The number of benzene rings is 2. The fraction of sp³-hybridized carbons (Fsp3) is 0.333. The van der Waals surface area contributed by atoms with Gasteiger partial charge in [-0.05, 0) is 67.6 Å². The maximum atomic E-state index is 15.4. The lowest BCUT2D eigenvalue weighted by Gasteiger charge is -2.24. The number of alkyl halides is 4. The molecule has 1 saturated carbocycles. The SMILES string of the molecule is Cc1cc(C)c2c(=O)n(-c3ccc(Cl)c4c(NS(C)(=O)=O)nn(C)c34)c(C(Cc3cc(F)cc(F)c3)NC(=O)Cn3nc(C(F)F)c4c3C(F)(F)[C@@H]3C[C@H]43)nc2n1. The number of carbonyl (C=O) groups is 1. The third-order valence-corrected chi connectivity index (χ3v) is 11.0. The lowest BCUT2D eigenvalue weighted by atomic mass is 10.0.